The van der Waals surface area contributed by atoms with Crippen LogP contribution >= 0.6 is 11.6 Å². The molecule has 28 heavy (non-hydrogen) atoms. The number of halogens is 1. The van der Waals surface area contributed by atoms with Crippen molar-refractivity contribution in [2.24, 2.45) is 0 Å². The molecule has 0 bridgehead atoms. The highest BCUT2D eigenvalue weighted by atomic mass is 35.5. The lowest BCUT2D eigenvalue weighted by Gasteiger charge is -2.18. The third-order valence-electron chi connectivity index (χ3n) is 4.72. The van der Waals surface area contributed by atoms with E-state index < -0.39 is 12.0 Å². The zero-order valence-corrected chi connectivity index (χ0v) is 16.0. The van der Waals surface area contributed by atoms with Crippen LogP contribution in [-0.4, -0.2) is 34.3 Å². The van der Waals surface area contributed by atoms with Gasteiger partial charge in [-0.05, 0) is 41.8 Å². The number of hydrogen-bond acceptors (Lipinski definition) is 3. The van der Waals surface area contributed by atoms with Gasteiger partial charge < -0.3 is 15.3 Å². The highest BCUT2D eigenvalue weighted by Gasteiger charge is 2.21. The highest BCUT2D eigenvalue weighted by Crippen LogP contribution is 2.21. The van der Waals surface area contributed by atoms with E-state index in [0.717, 1.165) is 18.5 Å². The van der Waals surface area contributed by atoms with Crippen molar-refractivity contribution in [1.82, 2.24) is 10.2 Å². The Morgan fingerprint density at radius 2 is 1.79 bits per heavy atom. The minimum absolute atomic E-state index is 0.154. The molecular formula is C21H21ClN2O4. The van der Waals surface area contributed by atoms with Gasteiger partial charge in [0.15, 0.2) is 0 Å². The van der Waals surface area contributed by atoms with Crippen LogP contribution in [0.5, 0.6) is 0 Å². The number of rotatable bonds is 7. The van der Waals surface area contributed by atoms with Crippen molar-refractivity contribution in [2.75, 3.05) is 6.54 Å². The van der Waals surface area contributed by atoms with Gasteiger partial charge in [0.2, 0.25) is 5.91 Å². The Labute approximate surface area is 168 Å². The van der Waals surface area contributed by atoms with Gasteiger partial charge in [0.05, 0.1) is 12.5 Å². The molecule has 2 aromatic rings. The van der Waals surface area contributed by atoms with Gasteiger partial charge in [0.25, 0.3) is 5.91 Å². The van der Waals surface area contributed by atoms with Crippen molar-refractivity contribution in [3.05, 3.63) is 70.2 Å². The van der Waals surface area contributed by atoms with E-state index in [2.05, 4.69) is 5.32 Å². The number of aliphatic carboxylic acids is 1. The summed E-state index contributed by atoms with van der Waals surface area (Å²) in [4.78, 5) is 37.3. The number of carboxylic acids is 1. The Morgan fingerprint density at radius 3 is 2.36 bits per heavy atom. The molecule has 1 saturated heterocycles. The first-order valence-corrected chi connectivity index (χ1v) is 9.45. The summed E-state index contributed by atoms with van der Waals surface area (Å²) in [7, 11) is 0. The van der Waals surface area contributed by atoms with Crippen molar-refractivity contribution in [3.8, 4) is 0 Å². The number of carboxylic acid groups (broad SMARTS) is 1. The van der Waals surface area contributed by atoms with Crippen LogP contribution in [0.2, 0.25) is 5.02 Å². The first-order valence-electron chi connectivity index (χ1n) is 9.07. The minimum atomic E-state index is -1.01. The van der Waals surface area contributed by atoms with Crippen molar-refractivity contribution < 1.29 is 19.5 Å². The van der Waals surface area contributed by atoms with E-state index in [0.29, 0.717) is 29.1 Å². The summed E-state index contributed by atoms with van der Waals surface area (Å²) in [5, 5.41) is 12.5. The zero-order chi connectivity index (χ0) is 20.1. The number of carbonyl (C=O) groups excluding carboxylic acids is 2. The molecule has 3 rings (SSSR count). The van der Waals surface area contributed by atoms with Crippen LogP contribution < -0.4 is 5.32 Å². The van der Waals surface area contributed by atoms with Crippen molar-refractivity contribution >= 4 is 29.4 Å². The van der Waals surface area contributed by atoms with E-state index in [9.17, 15) is 14.4 Å². The SMILES string of the molecule is O=C(O)CC(NC(=O)c1ccc(CN2CCCC2=O)cc1)c1ccc(Cl)cc1. The Bertz CT molecular complexity index is 865. The normalized spacial score (nSPS) is 14.8. The Kier molecular flexibility index (Phi) is 6.31. The first kappa shape index (κ1) is 19.9. The maximum atomic E-state index is 12.6. The highest BCUT2D eigenvalue weighted by molar-refractivity contribution is 6.30. The largest absolute Gasteiger partial charge is 0.481 e. The summed E-state index contributed by atoms with van der Waals surface area (Å²) in [6.45, 7) is 1.30. The fourth-order valence-electron chi connectivity index (χ4n) is 3.22. The molecule has 1 fully saturated rings. The third-order valence-corrected chi connectivity index (χ3v) is 4.97. The second-order valence-electron chi connectivity index (χ2n) is 6.79. The number of nitrogens with one attached hydrogen (secondary N) is 1. The number of nitrogens with zero attached hydrogens (tertiary/aromatic N) is 1. The van der Waals surface area contributed by atoms with Crippen LogP contribution in [-0.2, 0) is 16.1 Å². The molecule has 1 aliphatic rings. The molecule has 0 radical (unpaired) electrons. The lowest BCUT2D eigenvalue weighted by Crippen LogP contribution is -2.30. The van der Waals surface area contributed by atoms with Crippen molar-refractivity contribution in [1.29, 1.82) is 0 Å². The Morgan fingerprint density at radius 1 is 1.11 bits per heavy atom. The van der Waals surface area contributed by atoms with Crippen LogP contribution in [0.1, 0.15) is 46.8 Å². The third kappa shape index (κ3) is 5.10. The van der Waals surface area contributed by atoms with Crippen LogP contribution in [0.3, 0.4) is 0 Å². The molecule has 0 saturated carbocycles. The lowest BCUT2D eigenvalue weighted by molar-refractivity contribution is -0.137. The molecule has 0 spiro atoms. The minimum Gasteiger partial charge on any atom is -0.481 e. The van der Waals surface area contributed by atoms with Crippen LogP contribution in [0, 0.1) is 0 Å². The molecular weight excluding hydrogens is 380 g/mol. The summed E-state index contributed by atoms with van der Waals surface area (Å²) in [6.07, 6.45) is 1.24. The molecule has 2 N–H and O–H groups in total. The molecule has 2 aromatic carbocycles. The quantitative estimate of drug-likeness (QED) is 0.745. The number of benzene rings is 2. The number of amides is 2. The summed E-state index contributed by atoms with van der Waals surface area (Å²) in [5.74, 6) is -1.21. The van der Waals surface area contributed by atoms with Crippen molar-refractivity contribution in [2.45, 2.75) is 31.8 Å². The summed E-state index contributed by atoms with van der Waals surface area (Å²) < 4.78 is 0. The number of hydrogen-bond donors (Lipinski definition) is 2. The van der Waals surface area contributed by atoms with Gasteiger partial charge in [-0.1, -0.05) is 35.9 Å². The second-order valence-corrected chi connectivity index (χ2v) is 7.23. The topological polar surface area (TPSA) is 86.7 Å². The molecule has 6 nitrogen and oxygen atoms in total. The van der Waals surface area contributed by atoms with Gasteiger partial charge >= 0.3 is 5.97 Å². The predicted molar refractivity (Wildman–Crippen MR) is 105 cm³/mol. The maximum Gasteiger partial charge on any atom is 0.305 e. The number of likely N-dealkylation sites (tertiary alicyclic amines) is 1. The predicted octanol–water partition coefficient (Wildman–Crippen LogP) is 3.41. The standard InChI is InChI=1S/C21H21ClN2O4/c22-17-9-7-15(8-10-17)18(12-20(26)27)23-21(28)16-5-3-14(4-6-16)13-24-11-1-2-19(24)25/h3-10,18H,1-2,11-13H2,(H,23,28)(H,26,27). The first-order chi connectivity index (χ1) is 13.4. The molecule has 0 aliphatic carbocycles. The number of carbonyl (C=O) groups is 3. The zero-order valence-electron chi connectivity index (χ0n) is 15.2. The molecule has 2 amide bonds. The van der Waals surface area contributed by atoms with Gasteiger partial charge in [-0.2, -0.15) is 0 Å². The van der Waals surface area contributed by atoms with Gasteiger partial charge in [0, 0.05) is 30.1 Å². The van der Waals surface area contributed by atoms with Gasteiger partial charge in [-0.3, -0.25) is 14.4 Å². The average Bonchev–Trinajstić information content (AvgIpc) is 3.06. The summed E-state index contributed by atoms with van der Waals surface area (Å²) >= 11 is 5.88. The summed E-state index contributed by atoms with van der Waals surface area (Å²) in [5.41, 5.74) is 2.05. The van der Waals surface area contributed by atoms with Crippen LogP contribution in [0.15, 0.2) is 48.5 Å². The Hall–Kier alpha value is -2.86. The van der Waals surface area contributed by atoms with Gasteiger partial charge in [0.1, 0.15) is 0 Å². The van der Waals surface area contributed by atoms with Crippen molar-refractivity contribution in [3.63, 3.8) is 0 Å². The molecule has 1 aliphatic heterocycles. The van der Waals surface area contributed by atoms with E-state index in [1.54, 1.807) is 41.3 Å². The molecule has 1 atom stereocenters. The molecule has 0 aromatic heterocycles. The molecule has 1 heterocycles. The molecule has 146 valence electrons. The van der Waals surface area contributed by atoms with Gasteiger partial charge in [-0.15, -0.1) is 0 Å². The van der Waals surface area contributed by atoms with E-state index in [1.165, 1.54) is 0 Å². The fourth-order valence-corrected chi connectivity index (χ4v) is 3.34. The van der Waals surface area contributed by atoms with Crippen LogP contribution in [0.25, 0.3) is 0 Å². The lowest BCUT2D eigenvalue weighted by atomic mass is 10.0. The summed E-state index contributed by atoms with van der Waals surface area (Å²) in [6, 6.07) is 13.1. The molecule has 7 heteroatoms. The van der Waals surface area contributed by atoms with E-state index in [1.807, 2.05) is 12.1 Å². The Balaban J connectivity index is 1.68. The van der Waals surface area contributed by atoms with E-state index in [4.69, 9.17) is 16.7 Å². The molecule has 1 unspecified atom stereocenters. The van der Waals surface area contributed by atoms with E-state index in [-0.39, 0.29) is 18.2 Å². The maximum absolute atomic E-state index is 12.6. The monoisotopic (exact) mass is 400 g/mol. The second kappa shape index (κ2) is 8.89. The van der Waals surface area contributed by atoms with Crippen LogP contribution in [0.4, 0.5) is 0 Å². The van der Waals surface area contributed by atoms with E-state index >= 15 is 0 Å². The smallest absolute Gasteiger partial charge is 0.305 e. The average molecular weight is 401 g/mol. The fraction of sp³-hybridized carbons (Fsp3) is 0.286. The van der Waals surface area contributed by atoms with Gasteiger partial charge in [-0.25, -0.2) is 0 Å².